The Morgan fingerprint density at radius 2 is 2.47 bits per heavy atom. The molecule has 1 aromatic rings. The highest BCUT2D eigenvalue weighted by molar-refractivity contribution is 6.27. The molecule has 1 aliphatic rings. The minimum Gasteiger partial charge on any atom is -0.355 e. The number of nitrogens with zero attached hydrogens (tertiary/aromatic N) is 3. The zero-order valence-electron chi connectivity index (χ0n) is 10.4. The average molecular weight is 279 g/mol. The van der Waals surface area contributed by atoms with Crippen LogP contribution < -0.4 is 10.2 Å². The van der Waals surface area contributed by atoms with Gasteiger partial charge < -0.3 is 10.2 Å². The Kier molecular flexibility index (Phi) is 4.58. The molecule has 2 atom stereocenters. The second-order valence-electron chi connectivity index (χ2n) is 4.47. The molecule has 2 heterocycles. The first-order chi connectivity index (χ1) is 9.24. The number of nitriles is 1. The molecule has 0 aromatic carbocycles. The van der Waals surface area contributed by atoms with Crippen molar-refractivity contribution in [3.8, 4) is 6.07 Å². The van der Waals surface area contributed by atoms with E-state index in [1.54, 1.807) is 6.20 Å². The molecule has 0 saturated carbocycles. The normalized spacial score (nSPS) is 22.6. The van der Waals surface area contributed by atoms with Crippen LogP contribution in [0.1, 0.15) is 6.42 Å². The third-order valence-corrected chi connectivity index (χ3v) is 3.46. The molecule has 0 radical (unpaired) electrons. The van der Waals surface area contributed by atoms with Crippen LogP contribution in [-0.4, -0.2) is 35.9 Å². The Labute approximate surface area is 117 Å². The van der Waals surface area contributed by atoms with Crippen LogP contribution in [-0.2, 0) is 4.79 Å². The number of nitrogens with one attached hydrogen (secondary N) is 1. The van der Waals surface area contributed by atoms with Crippen molar-refractivity contribution in [3.05, 3.63) is 24.4 Å². The number of alkyl halides is 1. The van der Waals surface area contributed by atoms with E-state index in [0.29, 0.717) is 6.54 Å². The minimum atomic E-state index is -0.247. The topological polar surface area (TPSA) is 69.0 Å². The number of amides is 1. The van der Waals surface area contributed by atoms with E-state index in [1.807, 2.05) is 18.2 Å². The largest absolute Gasteiger partial charge is 0.355 e. The summed E-state index contributed by atoms with van der Waals surface area (Å²) in [6.45, 7) is 1.34. The van der Waals surface area contributed by atoms with Gasteiger partial charge in [0.25, 0.3) is 0 Å². The van der Waals surface area contributed by atoms with Gasteiger partial charge in [-0.2, -0.15) is 5.26 Å². The van der Waals surface area contributed by atoms with Crippen molar-refractivity contribution < 1.29 is 4.79 Å². The summed E-state index contributed by atoms with van der Waals surface area (Å²) in [4.78, 5) is 17.7. The lowest BCUT2D eigenvalue weighted by atomic mass is 9.93. The maximum Gasteiger partial charge on any atom is 0.235 e. The smallest absolute Gasteiger partial charge is 0.235 e. The van der Waals surface area contributed by atoms with Crippen molar-refractivity contribution in [1.29, 1.82) is 5.26 Å². The summed E-state index contributed by atoms with van der Waals surface area (Å²) >= 11 is 5.47. The fraction of sp³-hybridized carbons (Fsp3) is 0.462. The third kappa shape index (κ3) is 3.36. The van der Waals surface area contributed by atoms with E-state index >= 15 is 0 Å². The Bertz CT molecular complexity index is 473. The average Bonchev–Trinajstić information content (AvgIpc) is 2.48. The number of rotatable bonds is 3. The summed E-state index contributed by atoms with van der Waals surface area (Å²) in [5.74, 6) is 0.324. The Hall–Kier alpha value is -1.80. The number of pyridine rings is 1. The van der Waals surface area contributed by atoms with Crippen LogP contribution in [0.2, 0.25) is 0 Å². The highest BCUT2D eigenvalue weighted by Crippen LogP contribution is 2.21. The molecule has 100 valence electrons. The van der Waals surface area contributed by atoms with Gasteiger partial charge in [-0.1, -0.05) is 6.07 Å². The first kappa shape index (κ1) is 13.6. The molecule has 2 rings (SSSR count). The summed E-state index contributed by atoms with van der Waals surface area (Å²) in [6.07, 6.45) is 2.45. The third-order valence-electron chi connectivity index (χ3n) is 3.22. The summed E-state index contributed by atoms with van der Waals surface area (Å²) in [5, 5.41) is 12.0. The van der Waals surface area contributed by atoms with E-state index in [0.717, 1.165) is 18.8 Å². The van der Waals surface area contributed by atoms with Gasteiger partial charge in [0.2, 0.25) is 5.91 Å². The van der Waals surface area contributed by atoms with E-state index in [-0.39, 0.29) is 23.7 Å². The van der Waals surface area contributed by atoms with Crippen molar-refractivity contribution in [2.24, 2.45) is 5.92 Å². The maximum atomic E-state index is 11.3. The first-order valence-electron chi connectivity index (χ1n) is 6.15. The monoisotopic (exact) mass is 278 g/mol. The number of hydrogen-bond donors (Lipinski definition) is 1. The lowest BCUT2D eigenvalue weighted by Crippen LogP contribution is -2.51. The van der Waals surface area contributed by atoms with E-state index in [4.69, 9.17) is 11.6 Å². The van der Waals surface area contributed by atoms with E-state index in [9.17, 15) is 10.1 Å². The summed E-state index contributed by atoms with van der Waals surface area (Å²) in [5.41, 5.74) is 0. The van der Waals surface area contributed by atoms with Crippen molar-refractivity contribution in [3.63, 3.8) is 0 Å². The van der Waals surface area contributed by atoms with E-state index in [1.165, 1.54) is 0 Å². The minimum absolute atomic E-state index is 0.0708. The van der Waals surface area contributed by atoms with Crippen LogP contribution in [0.15, 0.2) is 24.4 Å². The van der Waals surface area contributed by atoms with Gasteiger partial charge in [0.15, 0.2) is 0 Å². The molecule has 19 heavy (non-hydrogen) atoms. The SMILES string of the molecule is N#CC1CN(c2ccccn2)CCC1NC(=O)CCl. The van der Waals surface area contributed by atoms with Crippen molar-refractivity contribution in [1.82, 2.24) is 10.3 Å². The molecule has 0 aliphatic carbocycles. The molecule has 1 amide bonds. The van der Waals surface area contributed by atoms with Gasteiger partial charge in [-0.05, 0) is 18.6 Å². The molecule has 1 aromatic heterocycles. The molecule has 0 bridgehead atoms. The number of halogens is 1. The zero-order valence-corrected chi connectivity index (χ0v) is 11.2. The summed E-state index contributed by atoms with van der Waals surface area (Å²) < 4.78 is 0. The number of aromatic nitrogens is 1. The Balaban J connectivity index is 2.02. The van der Waals surface area contributed by atoms with Crippen LogP contribution in [0.4, 0.5) is 5.82 Å². The predicted octanol–water partition coefficient (Wildman–Crippen LogP) is 1.16. The number of piperidine rings is 1. The van der Waals surface area contributed by atoms with Gasteiger partial charge in [0.05, 0.1) is 12.0 Å². The fourth-order valence-corrected chi connectivity index (χ4v) is 2.33. The highest BCUT2D eigenvalue weighted by atomic mass is 35.5. The molecular formula is C13H15ClN4O. The predicted molar refractivity (Wildman–Crippen MR) is 72.8 cm³/mol. The standard InChI is InChI=1S/C13H15ClN4O/c14-7-13(19)17-11-4-6-18(9-10(11)8-15)12-3-1-2-5-16-12/h1-3,5,10-11H,4,6-7,9H2,(H,17,19). The molecule has 1 saturated heterocycles. The van der Waals surface area contributed by atoms with Crippen molar-refractivity contribution in [2.75, 3.05) is 23.9 Å². The van der Waals surface area contributed by atoms with Gasteiger partial charge in [0.1, 0.15) is 11.7 Å². The molecule has 1 aliphatic heterocycles. The molecular weight excluding hydrogens is 264 g/mol. The lowest BCUT2D eigenvalue weighted by Gasteiger charge is -2.36. The van der Waals surface area contributed by atoms with Crippen molar-refractivity contribution >= 4 is 23.3 Å². The zero-order chi connectivity index (χ0) is 13.7. The van der Waals surface area contributed by atoms with Gasteiger partial charge in [-0.3, -0.25) is 4.79 Å². The Morgan fingerprint density at radius 1 is 1.63 bits per heavy atom. The van der Waals surface area contributed by atoms with Crippen LogP contribution >= 0.6 is 11.6 Å². The second-order valence-corrected chi connectivity index (χ2v) is 4.73. The van der Waals surface area contributed by atoms with E-state index in [2.05, 4.69) is 21.3 Å². The van der Waals surface area contributed by atoms with Gasteiger partial charge in [-0.25, -0.2) is 4.98 Å². The quantitative estimate of drug-likeness (QED) is 0.843. The van der Waals surface area contributed by atoms with Crippen LogP contribution in [0.25, 0.3) is 0 Å². The van der Waals surface area contributed by atoms with Crippen LogP contribution in [0.5, 0.6) is 0 Å². The van der Waals surface area contributed by atoms with Gasteiger partial charge in [-0.15, -0.1) is 11.6 Å². The maximum absolute atomic E-state index is 11.3. The van der Waals surface area contributed by atoms with Gasteiger partial charge in [0, 0.05) is 25.3 Å². The second kappa shape index (κ2) is 6.39. The number of carbonyl (C=O) groups is 1. The van der Waals surface area contributed by atoms with Gasteiger partial charge >= 0.3 is 0 Å². The lowest BCUT2D eigenvalue weighted by molar-refractivity contribution is -0.119. The van der Waals surface area contributed by atoms with E-state index < -0.39 is 0 Å². The number of carbonyl (C=O) groups excluding carboxylic acids is 1. The highest BCUT2D eigenvalue weighted by Gasteiger charge is 2.30. The number of anilines is 1. The molecule has 1 fully saturated rings. The van der Waals surface area contributed by atoms with Crippen LogP contribution in [0, 0.1) is 17.2 Å². The molecule has 2 unspecified atom stereocenters. The molecule has 1 N–H and O–H groups in total. The number of hydrogen-bond acceptors (Lipinski definition) is 4. The summed E-state index contributed by atoms with van der Waals surface area (Å²) in [6, 6.07) is 7.83. The molecule has 5 nitrogen and oxygen atoms in total. The summed E-state index contributed by atoms with van der Waals surface area (Å²) in [7, 11) is 0. The molecule has 6 heteroatoms. The fourth-order valence-electron chi connectivity index (χ4n) is 2.25. The molecule has 0 spiro atoms. The Morgan fingerprint density at radius 3 is 3.11 bits per heavy atom. The van der Waals surface area contributed by atoms with Crippen molar-refractivity contribution in [2.45, 2.75) is 12.5 Å². The van der Waals surface area contributed by atoms with Crippen LogP contribution in [0.3, 0.4) is 0 Å². The first-order valence-corrected chi connectivity index (χ1v) is 6.69.